The lowest BCUT2D eigenvalue weighted by molar-refractivity contribution is -0.144. The molecule has 0 N–H and O–H groups in total. The normalized spacial score (nSPS) is 12.9. The van der Waals surface area contributed by atoms with Crippen molar-refractivity contribution in [3.8, 4) is 50.8 Å². The van der Waals surface area contributed by atoms with Crippen LogP contribution in [0.5, 0.6) is 0 Å². The summed E-state index contributed by atoms with van der Waals surface area (Å²) in [5.41, 5.74) is -8.03. The molecule has 0 aliphatic carbocycles. The van der Waals surface area contributed by atoms with E-state index in [1.54, 1.807) is 30.3 Å². The predicted octanol–water partition coefficient (Wildman–Crippen LogP) is 17.8. The molecule has 0 unspecified atom stereocenters. The molecule has 0 aliphatic rings. The second-order valence-electron chi connectivity index (χ2n) is 16.8. The number of nitrogens with zero attached hydrogens (tertiary/aromatic N) is 3. The third kappa shape index (κ3) is 8.31. The van der Waals surface area contributed by atoms with E-state index in [4.69, 9.17) is 0 Å². The van der Waals surface area contributed by atoms with Crippen LogP contribution in [-0.2, 0) is 30.9 Å². The number of nitriles is 1. The second kappa shape index (κ2) is 16.4. The number of fused-ring (bicyclic) bond motifs is 6. The van der Waals surface area contributed by atoms with Crippen LogP contribution in [0, 0.1) is 11.3 Å². The Morgan fingerprint density at radius 1 is 0.319 bits per heavy atom. The Morgan fingerprint density at radius 2 is 0.736 bits per heavy atom. The molecule has 0 atom stereocenters. The topological polar surface area (TPSA) is 33.6 Å². The van der Waals surface area contributed by atoms with E-state index in [2.05, 4.69) is 0 Å². The zero-order chi connectivity index (χ0) is 51.4. The Bertz CT molecular complexity index is 3810. The third-order valence-electron chi connectivity index (χ3n) is 12.4. The van der Waals surface area contributed by atoms with E-state index < -0.39 is 75.5 Å². The summed E-state index contributed by atoms with van der Waals surface area (Å²) in [5, 5.41) is 11.0. The molecule has 18 heteroatoms. The molecule has 0 bridgehead atoms. The minimum Gasteiger partial charge on any atom is -0.309 e. The highest BCUT2D eigenvalue weighted by Crippen LogP contribution is 2.47. The summed E-state index contributed by atoms with van der Waals surface area (Å²) >= 11 is 0. The largest absolute Gasteiger partial charge is 0.418 e. The average Bonchev–Trinajstić information content (AvgIpc) is 3.84. The van der Waals surface area contributed by atoms with E-state index in [1.807, 2.05) is 6.07 Å². The highest BCUT2D eigenvalue weighted by molar-refractivity contribution is 6.12. The van der Waals surface area contributed by atoms with Crippen LogP contribution in [0.4, 0.5) is 65.9 Å². The molecule has 8 aromatic carbocycles. The van der Waals surface area contributed by atoms with Crippen LogP contribution in [0.3, 0.4) is 0 Å². The molecule has 10 rings (SSSR count). The standard InChI is InChI=1S/C54H26F15N3/c55-50(56,57)34-17-32(18-35(23-34)51(58,59)60)29-12-14-46-41(21-29)38-8-1-3-10-44(38)71(46)48-26-43(54(67,68)69)49(25-40(48)31-7-5-6-28(16-31)27-70)72-45-11-4-2-9-39(45)42-22-30(13-15-47(42)72)33-19-36(52(61,62)63)24-37(20-33)53(64,65)66/h1-26H. The lowest BCUT2D eigenvalue weighted by Crippen LogP contribution is -2.13. The maximum atomic E-state index is 16.0. The van der Waals surface area contributed by atoms with Gasteiger partial charge in [0.2, 0.25) is 0 Å². The predicted molar refractivity (Wildman–Crippen MR) is 241 cm³/mol. The Balaban J connectivity index is 1.25. The first-order valence-corrected chi connectivity index (χ1v) is 21.2. The molecule has 10 aromatic rings. The zero-order valence-electron chi connectivity index (χ0n) is 36.0. The van der Waals surface area contributed by atoms with Crippen LogP contribution in [0.15, 0.2) is 158 Å². The number of aromatic nitrogens is 2. The number of halogens is 15. The van der Waals surface area contributed by atoms with E-state index in [1.165, 1.54) is 94.1 Å². The minimum atomic E-state index is -5.17. The fraction of sp³-hybridized carbons (Fsp3) is 0.0926. The first kappa shape index (κ1) is 47.5. The summed E-state index contributed by atoms with van der Waals surface area (Å²) in [6, 6.07) is 32.3. The molecule has 0 spiro atoms. The number of hydrogen-bond acceptors (Lipinski definition) is 1. The van der Waals surface area contributed by atoms with E-state index in [-0.39, 0.29) is 83.9 Å². The molecule has 2 aromatic heterocycles. The summed E-state index contributed by atoms with van der Waals surface area (Å²) in [5.74, 6) is 0. The van der Waals surface area contributed by atoms with E-state index in [0.29, 0.717) is 29.7 Å². The quantitative estimate of drug-likeness (QED) is 0.158. The van der Waals surface area contributed by atoms with Crippen molar-refractivity contribution in [1.29, 1.82) is 5.26 Å². The molecule has 0 saturated carbocycles. The van der Waals surface area contributed by atoms with Crippen molar-refractivity contribution in [2.75, 3.05) is 0 Å². The molecule has 0 amide bonds. The van der Waals surface area contributed by atoms with Crippen LogP contribution < -0.4 is 0 Å². The molecule has 0 aliphatic heterocycles. The molecule has 0 saturated heterocycles. The van der Waals surface area contributed by atoms with Gasteiger partial charge in [0.25, 0.3) is 0 Å². The van der Waals surface area contributed by atoms with Gasteiger partial charge in [-0.3, -0.25) is 0 Å². The van der Waals surface area contributed by atoms with Crippen molar-refractivity contribution in [3.63, 3.8) is 0 Å². The number of alkyl halides is 15. The Morgan fingerprint density at radius 3 is 1.15 bits per heavy atom. The molecule has 0 fully saturated rings. The van der Waals surface area contributed by atoms with Gasteiger partial charge in [-0.15, -0.1) is 0 Å². The molecular weight excluding hydrogens is 976 g/mol. The Labute approximate surface area is 395 Å². The highest BCUT2D eigenvalue weighted by atomic mass is 19.4. The zero-order valence-corrected chi connectivity index (χ0v) is 36.0. The van der Waals surface area contributed by atoms with Gasteiger partial charge in [0.15, 0.2) is 0 Å². The third-order valence-corrected chi connectivity index (χ3v) is 12.4. The van der Waals surface area contributed by atoms with Gasteiger partial charge in [-0.05, 0) is 125 Å². The first-order chi connectivity index (χ1) is 33.8. The van der Waals surface area contributed by atoms with Gasteiger partial charge in [0.1, 0.15) is 0 Å². The fourth-order valence-corrected chi connectivity index (χ4v) is 9.23. The summed E-state index contributed by atoms with van der Waals surface area (Å²) in [4.78, 5) is 0. The van der Waals surface area contributed by atoms with Crippen LogP contribution in [0.1, 0.15) is 33.4 Å². The molecule has 72 heavy (non-hydrogen) atoms. The summed E-state index contributed by atoms with van der Waals surface area (Å²) in [6.07, 6.45) is -25.8. The minimum absolute atomic E-state index is 0.00794. The van der Waals surface area contributed by atoms with Gasteiger partial charge >= 0.3 is 30.9 Å². The van der Waals surface area contributed by atoms with Gasteiger partial charge in [-0.2, -0.15) is 71.1 Å². The van der Waals surface area contributed by atoms with Crippen molar-refractivity contribution in [1.82, 2.24) is 9.13 Å². The van der Waals surface area contributed by atoms with Gasteiger partial charge < -0.3 is 9.13 Å². The van der Waals surface area contributed by atoms with Crippen molar-refractivity contribution in [2.24, 2.45) is 0 Å². The van der Waals surface area contributed by atoms with Gasteiger partial charge in [0, 0.05) is 27.1 Å². The SMILES string of the molecule is N#Cc1cccc(-c2cc(-n3c4ccccc4c4cc(-c5cc(C(F)(F)F)cc(C(F)(F)F)c5)ccc43)c(C(F)(F)F)cc2-n2c3ccccc3c3cc(-c4cc(C(F)(F)F)cc(C(F)(F)F)c4)ccc32)c1. The summed E-state index contributed by atoms with van der Waals surface area (Å²) in [6.45, 7) is 0. The second-order valence-corrected chi connectivity index (χ2v) is 16.8. The van der Waals surface area contributed by atoms with Crippen LogP contribution in [-0.4, -0.2) is 9.13 Å². The van der Waals surface area contributed by atoms with E-state index >= 15 is 13.2 Å². The highest BCUT2D eigenvalue weighted by Gasteiger charge is 2.40. The monoisotopic (exact) mass is 1000 g/mol. The molecule has 0 radical (unpaired) electrons. The Hall–Kier alpha value is -8.20. The van der Waals surface area contributed by atoms with Gasteiger partial charge in [0.05, 0.1) is 72.9 Å². The van der Waals surface area contributed by atoms with Crippen LogP contribution in [0.25, 0.3) is 88.4 Å². The number of hydrogen-bond donors (Lipinski definition) is 0. The average molecular weight is 1000 g/mol. The van der Waals surface area contributed by atoms with Crippen molar-refractivity contribution < 1.29 is 65.9 Å². The Kier molecular flexibility index (Phi) is 10.8. The van der Waals surface area contributed by atoms with Crippen molar-refractivity contribution >= 4 is 43.6 Å². The van der Waals surface area contributed by atoms with Gasteiger partial charge in [-0.1, -0.05) is 60.7 Å². The van der Waals surface area contributed by atoms with E-state index in [9.17, 15) is 57.9 Å². The first-order valence-electron chi connectivity index (χ1n) is 21.2. The molecule has 2 heterocycles. The maximum Gasteiger partial charge on any atom is 0.418 e. The summed E-state index contributed by atoms with van der Waals surface area (Å²) < 4.78 is 218. The molecule has 3 nitrogen and oxygen atoms in total. The smallest absolute Gasteiger partial charge is 0.309 e. The van der Waals surface area contributed by atoms with Gasteiger partial charge in [-0.25, -0.2) is 0 Å². The van der Waals surface area contributed by atoms with Crippen molar-refractivity contribution in [2.45, 2.75) is 30.9 Å². The number of para-hydroxylation sites is 2. The number of benzene rings is 8. The summed E-state index contributed by atoms with van der Waals surface area (Å²) in [7, 11) is 0. The molecule has 362 valence electrons. The van der Waals surface area contributed by atoms with Crippen LogP contribution in [0.2, 0.25) is 0 Å². The maximum absolute atomic E-state index is 16.0. The van der Waals surface area contributed by atoms with E-state index in [0.717, 1.165) is 6.07 Å². The lowest BCUT2D eigenvalue weighted by Gasteiger charge is -2.22. The lowest BCUT2D eigenvalue weighted by atomic mass is 9.96. The molecular formula is C54H26F15N3. The fourth-order valence-electron chi connectivity index (χ4n) is 9.23. The van der Waals surface area contributed by atoms with Crippen LogP contribution >= 0.6 is 0 Å². The van der Waals surface area contributed by atoms with Crippen molar-refractivity contribution in [3.05, 3.63) is 191 Å². The number of rotatable bonds is 5.